The molecule has 0 bridgehead atoms. The number of carbonyl (C=O) groups is 1. The van der Waals surface area contributed by atoms with Gasteiger partial charge in [-0.05, 0) is 0 Å². The van der Waals surface area contributed by atoms with Crippen molar-refractivity contribution in [2.75, 3.05) is 6.16 Å². The number of aliphatic carboxylic acids is 1. The molecule has 0 amide bonds. The van der Waals surface area contributed by atoms with Gasteiger partial charge in [0.25, 0.3) is 0 Å². The first-order valence-corrected chi connectivity index (χ1v) is 13.3. The minimum atomic E-state index is -2.94. The molecule has 3 aromatic rings. The maximum atomic E-state index is 10.9. The second kappa shape index (κ2) is 8.21. The van der Waals surface area contributed by atoms with E-state index < -0.39 is 11.3 Å². The Morgan fingerprint density at radius 2 is 1.15 bits per heavy atom. The molecule has 0 unspecified atom stereocenters. The summed E-state index contributed by atoms with van der Waals surface area (Å²) in [6.45, 7) is 0. The van der Waals surface area contributed by atoms with Gasteiger partial charge < -0.3 is 0 Å². The minimum absolute atomic E-state index is 0.661. The first kappa shape index (κ1) is 19.5. The Kier molecular flexibility index (Phi) is 5.94. The van der Waals surface area contributed by atoms with Gasteiger partial charge in [0.15, 0.2) is 0 Å². The van der Waals surface area contributed by atoms with Gasteiger partial charge >= 0.3 is 168 Å². The van der Waals surface area contributed by atoms with Crippen LogP contribution in [0, 0.1) is 0 Å². The van der Waals surface area contributed by atoms with Gasteiger partial charge in [-0.1, -0.05) is 0 Å². The van der Waals surface area contributed by atoms with Crippen LogP contribution in [0.4, 0.5) is 0 Å². The van der Waals surface area contributed by atoms with E-state index in [1.165, 1.54) is 22.0 Å². The molecule has 0 atom stereocenters. The van der Waals surface area contributed by atoms with Gasteiger partial charge in [-0.2, -0.15) is 0 Å². The average Bonchev–Trinajstić information content (AvgIpc) is 2.73. The summed E-state index contributed by atoms with van der Waals surface area (Å²) in [5, 5.41) is 9.75. The van der Waals surface area contributed by atoms with Gasteiger partial charge in [-0.3, -0.25) is 0 Å². The van der Waals surface area contributed by atoms with E-state index in [1.54, 1.807) is 6.08 Å². The van der Waals surface area contributed by atoms with Gasteiger partial charge in [0.2, 0.25) is 0 Å². The van der Waals surface area contributed by atoms with Crippen LogP contribution in [0.1, 0.15) is 6.42 Å². The van der Waals surface area contributed by atoms with E-state index in [4.69, 9.17) is 5.11 Å². The molecule has 0 fully saturated rings. The first-order valence-electron chi connectivity index (χ1n) is 8.85. The molecule has 0 aliphatic carbocycles. The van der Waals surface area contributed by atoms with Gasteiger partial charge in [0, 0.05) is 0 Å². The van der Waals surface area contributed by atoms with Crippen LogP contribution >= 0.6 is 20.8 Å². The van der Waals surface area contributed by atoms with Crippen molar-refractivity contribution in [1.82, 2.24) is 0 Å². The fourth-order valence-corrected chi connectivity index (χ4v) is 11.0. The third kappa shape index (κ3) is 3.76. The normalized spacial score (nSPS) is 13.1. The summed E-state index contributed by atoms with van der Waals surface area (Å²) >= 11 is 4.33. The molecular weight excluding hydrogens is 419 g/mol. The van der Waals surface area contributed by atoms with Crippen LogP contribution in [0.5, 0.6) is 0 Å². The van der Waals surface area contributed by atoms with E-state index in [9.17, 15) is 4.79 Å². The molecular formula is C23H22BrO2P. The molecule has 0 aliphatic rings. The SMILES string of the molecule is O=C(O)C=CCCP(Br)(c1ccccc1)(c1ccccc1)c1ccccc1. The van der Waals surface area contributed by atoms with E-state index in [2.05, 4.69) is 88.3 Å². The van der Waals surface area contributed by atoms with Crippen LogP contribution in [0.25, 0.3) is 0 Å². The molecule has 4 heteroatoms. The van der Waals surface area contributed by atoms with Gasteiger partial charge in [0.1, 0.15) is 0 Å². The quantitative estimate of drug-likeness (QED) is 0.420. The Hall–Kier alpha value is -2.22. The molecule has 1 N–H and O–H groups in total. The van der Waals surface area contributed by atoms with Crippen LogP contribution in [0.15, 0.2) is 103 Å². The van der Waals surface area contributed by atoms with Crippen molar-refractivity contribution >= 4 is 42.7 Å². The number of carboxylic acids is 1. The van der Waals surface area contributed by atoms with Crippen molar-refractivity contribution in [1.29, 1.82) is 0 Å². The van der Waals surface area contributed by atoms with E-state index >= 15 is 0 Å². The number of benzene rings is 3. The number of carboxylic acid groups (broad SMARTS) is 1. The summed E-state index contributed by atoms with van der Waals surface area (Å²) < 4.78 is 0. The molecule has 0 radical (unpaired) electrons. The van der Waals surface area contributed by atoms with Crippen LogP contribution in [0.3, 0.4) is 0 Å². The van der Waals surface area contributed by atoms with Crippen molar-refractivity contribution in [2.24, 2.45) is 0 Å². The molecule has 2 nitrogen and oxygen atoms in total. The standard InChI is InChI=1S/C23H22BrO2P/c24-27(19-11-10-18-23(25)26,20-12-4-1-5-13-20,21-14-6-2-7-15-21)22-16-8-3-9-17-22/h1-10,12-18H,11,19H2,(H,25,26). The van der Waals surface area contributed by atoms with Crippen molar-refractivity contribution in [3.05, 3.63) is 103 Å². The zero-order valence-corrected chi connectivity index (χ0v) is 17.4. The number of allylic oxidation sites excluding steroid dienone is 1. The van der Waals surface area contributed by atoms with Gasteiger partial charge in [-0.25, -0.2) is 0 Å². The molecule has 0 heterocycles. The maximum absolute atomic E-state index is 10.9. The summed E-state index contributed by atoms with van der Waals surface area (Å²) in [7, 11) is 0. The third-order valence-corrected chi connectivity index (χ3v) is 14.8. The molecule has 0 aliphatic heterocycles. The summed E-state index contributed by atoms with van der Waals surface area (Å²) in [4.78, 5) is 10.9. The van der Waals surface area contributed by atoms with Gasteiger partial charge in [0.05, 0.1) is 0 Å². The Labute approximate surface area is 168 Å². The van der Waals surface area contributed by atoms with E-state index in [0.29, 0.717) is 6.42 Å². The number of rotatable bonds is 7. The van der Waals surface area contributed by atoms with Crippen LogP contribution in [-0.4, -0.2) is 17.2 Å². The Balaban J connectivity index is 2.27. The summed E-state index contributed by atoms with van der Waals surface area (Å²) in [6, 6.07) is 31.5. The van der Waals surface area contributed by atoms with Crippen LogP contribution in [-0.2, 0) is 4.79 Å². The monoisotopic (exact) mass is 440 g/mol. The molecule has 0 saturated heterocycles. The topological polar surface area (TPSA) is 37.3 Å². The molecule has 3 aromatic carbocycles. The van der Waals surface area contributed by atoms with Gasteiger partial charge in [-0.15, -0.1) is 0 Å². The van der Waals surface area contributed by atoms with Crippen LogP contribution < -0.4 is 15.9 Å². The van der Waals surface area contributed by atoms with E-state index in [-0.39, 0.29) is 0 Å². The molecule has 0 aromatic heterocycles. The fourth-order valence-electron chi connectivity index (χ4n) is 3.55. The van der Waals surface area contributed by atoms with E-state index in [0.717, 1.165) is 6.16 Å². The Morgan fingerprint density at radius 3 is 1.48 bits per heavy atom. The summed E-state index contributed by atoms with van der Waals surface area (Å²) in [5.74, 6) is -0.913. The van der Waals surface area contributed by atoms with E-state index in [1.807, 2.05) is 18.2 Å². The summed E-state index contributed by atoms with van der Waals surface area (Å²) in [6.07, 6.45) is 4.44. The predicted octanol–water partition coefficient (Wildman–Crippen LogP) is 4.86. The molecule has 3 rings (SSSR count). The summed E-state index contributed by atoms with van der Waals surface area (Å²) in [5.41, 5.74) is 0. The number of hydrogen-bond acceptors (Lipinski definition) is 1. The van der Waals surface area contributed by atoms with Crippen molar-refractivity contribution in [3.63, 3.8) is 0 Å². The molecule has 0 spiro atoms. The van der Waals surface area contributed by atoms with Crippen molar-refractivity contribution < 1.29 is 9.90 Å². The Morgan fingerprint density at radius 1 is 0.778 bits per heavy atom. The fraction of sp³-hybridized carbons (Fsp3) is 0.0870. The first-order chi connectivity index (χ1) is 13.1. The predicted molar refractivity (Wildman–Crippen MR) is 120 cm³/mol. The van der Waals surface area contributed by atoms with Crippen LogP contribution in [0.2, 0.25) is 0 Å². The van der Waals surface area contributed by atoms with Crippen molar-refractivity contribution in [3.8, 4) is 0 Å². The van der Waals surface area contributed by atoms with Crippen molar-refractivity contribution in [2.45, 2.75) is 6.42 Å². The zero-order chi connectivity index (χ0) is 19.2. The number of hydrogen-bond donors (Lipinski definition) is 1. The Bertz CT molecular complexity index is 825. The third-order valence-electron chi connectivity index (χ3n) is 4.86. The second-order valence-corrected chi connectivity index (χ2v) is 15.5. The second-order valence-electron chi connectivity index (χ2n) is 6.44. The number of halogens is 1. The average molecular weight is 441 g/mol. The molecule has 138 valence electrons. The molecule has 27 heavy (non-hydrogen) atoms. The molecule has 0 saturated carbocycles. The zero-order valence-electron chi connectivity index (χ0n) is 14.9.